The van der Waals surface area contributed by atoms with E-state index in [1.807, 2.05) is 42.7 Å². The van der Waals surface area contributed by atoms with E-state index < -0.39 is 0 Å². The quantitative estimate of drug-likeness (QED) is 0.607. The number of hydrogen-bond acceptors (Lipinski definition) is 1. The summed E-state index contributed by atoms with van der Waals surface area (Å²) in [6, 6.07) is 16.3. The Hall–Kier alpha value is -2.28. The Balaban J connectivity index is 2.31. The zero-order valence-corrected chi connectivity index (χ0v) is 9.39. The van der Waals surface area contributed by atoms with Gasteiger partial charge in [0.25, 0.3) is 0 Å². The highest BCUT2D eigenvalue weighted by Gasteiger charge is 2.09. The molecule has 2 aromatic carbocycles. The minimum Gasteiger partial charge on any atom is -0.464 e. The van der Waals surface area contributed by atoms with E-state index in [-0.39, 0.29) is 0 Å². The predicted octanol–water partition coefficient (Wildman–Crippen LogP) is 4.74. The van der Waals surface area contributed by atoms with Gasteiger partial charge in [-0.2, -0.15) is 0 Å². The predicted molar refractivity (Wildman–Crippen MR) is 71.7 cm³/mol. The van der Waals surface area contributed by atoms with Gasteiger partial charge in [0.2, 0.25) is 0 Å². The molecule has 0 saturated carbocycles. The lowest BCUT2D eigenvalue weighted by molar-refractivity contribution is 0.617. The van der Waals surface area contributed by atoms with E-state index in [9.17, 15) is 0 Å². The first kappa shape index (κ1) is 9.91. The van der Waals surface area contributed by atoms with Gasteiger partial charge in [-0.1, -0.05) is 55.1 Å². The summed E-state index contributed by atoms with van der Waals surface area (Å²) in [6.07, 6.45) is 3.68. The van der Waals surface area contributed by atoms with Crippen LogP contribution in [-0.4, -0.2) is 0 Å². The molecule has 0 aliphatic rings. The van der Waals surface area contributed by atoms with Crippen molar-refractivity contribution in [2.75, 3.05) is 0 Å². The first-order valence-corrected chi connectivity index (χ1v) is 5.58. The standard InChI is InChI=1S/C16H12O/c1-2-12-7-3-4-8-13(12)15-11-17-16-10-6-5-9-14(15)16/h2-11H,1H2. The van der Waals surface area contributed by atoms with Gasteiger partial charge in [0.1, 0.15) is 5.58 Å². The fourth-order valence-electron chi connectivity index (χ4n) is 2.11. The third kappa shape index (κ3) is 1.56. The summed E-state index contributed by atoms with van der Waals surface area (Å²) < 4.78 is 5.57. The molecule has 1 heteroatoms. The zero-order chi connectivity index (χ0) is 11.7. The molecule has 0 radical (unpaired) electrons. The molecule has 0 unspecified atom stereocenters. The molecular weight excluding hydrogens is 208 g/mol. The maximum Gasteiger partial charge on any atom is 0.134 e. The van der Waals surface area contributed by atoms with E-state index in [2.05, 4.69) is 24.8 Å². The first-order chi connectivity index (χ1) is 8.40. The lowest BCUT2D eigenvalue weighted by atomic mass is 9.99. The van der Waals surface area contributed by atoms with E-state index in [4.69, 9.17) is 4.42 Å². The van der Waals surface area contributed by atoms with Crippen LogP contribution in [0.5, 0.6) is 0 Å². The summed E-state index contributed by atoms with van der Waals surface area (Å²) in [4.78, 5) is 0. The molecule has 0 aliphatic carbocycles. The van der Waals surface area contributed by atoms with Crippen molar-refractivity contribution in [3.63, 3.8) is 0 Å². The van der Waals surface area contributed by atoms with Gasteiger partial charge in [-0.15, -0.1) is 0 Å². The highest BCUT2D eigenvalue weighted by atomic mass is 16.3. The number of para-hydroxylation sites is 1. The van der Waals surface area contributed by atoms with Crippen LogP contribution in [0, 0.1) is 0 Å². The number of hydrogen-bond donors (Lipinski definition) is 0. The second-order valence-electron chi connectivity index (χ2n) is 3.94. The molecule has 0 amide bonds. The minimum atomic E-state index is 0.918. The molecule has 3 rings (SSSR count). The molecule has 0 aliphatic heterocycles. The highest BCUT2D eigenvalue weighted by Crippen LogP contribution is 2.32. The Bertz CT molecular complexity index is 677. The molecule has 0 atom stereocenters. The van der Waals surface area contributed by atoms with E-state index in [1.54, 1.807) is 0 Å². The van der Waals surface area contributed by atoms with Crippen LogP contribution in [0.15, 0.2) is 65.8 Å². The summed E-state index contributed by atoms with van der Waals surface area (Å²) in [6.45, 7) is 3.85. The summed E-state index contributed by atoms with van der Waals surface area (Å²) in [5.41, 5.74) is 4.32. The van der Waals surface area contributed by atoms with Crippen molar-refractivity contribution in [2.24, 2.45) is 0 Å². The van der Waals surface area contributed by atoms with Crippen molar-refractivity contribution < 1.29 is 4.42 Å². The average Bonchev–Trinajstić information content (AvgIpc) is 2.82. The van der Waals surface area contributed by atoms with Crippen molar-refractivity contribution in [2.45, 2.75) is 0 Å². The third-order valence-electron chi connectivity index (χ3n) is 2.95. The van der Waals surface area contributed by atoms with Gasteiger partial charge < -0.3 is 4.42 Å². The molecule has 1 aromatic heterocycles. The van der Waals surface area contributed by atoms with Gasteiger partial charge in [0, 0.05) is 10.9 Å². The van der Waals surface area contributed by atoms with E-state index >= 15 is 0 Å². The largest absolute Gasteiger partial charge is 0.464 e. The second kappa shape index (κ2) is 3.95. The van der Waals surface area contributed by atoms with Crippen LogP contribution in [0.1, 0.15) is 5.56 Å². The van der Waals surface area contributed by atoms with Crippen LogP contribution >= 0.6 is 0 Å². The lowest BCUT2D eigenvalue weighted by Crippen LogP contribution is -1.80. The summed E-state index contributed by atoms with van der Waals surface area (Å²) in [5, 5.41) is 1.14. The van der Waals surface area contributed by atoms with Crippen molar-refractivity contribution in [1.82, 2.24) is 0 Å². The van der Waals surface area contributed by atoms with Crippen LogP contribution in [0.4, 0.5) is 0 Å². The molecule has 3 aromatic rings. The van der Waals surface area contributed by atoms with Gasteiger partial charge in [-0.3, -0.25) is 0 Å². The molecule has 0 fully saturated rings. The van der Waals surface area contributed by atoms with Crippen molar-refractivity contribution in [3.8, 4) is 11.1 Å². The SMILES string of the molecule is C=Cc1ccccc1-c1coc2ccccc12. The minimum absolute atomic E-state index is 0.918. The summed E-state index contributed by atoms with van der Waals surface area (Å²) in [5.74, 6) is 0. The van der Waals surface area contributed by atoms with E-state index in [0.29, 0.717) is 0 Å². The van der Waals surface area contributed by atoms with Gasteiger partial charge >= 0.3 is 0 Å². The average molecular weight is 220 g/mol. The smallest absolute Gasteiger partial charge is 0.134 e. The van der Waals surface area contributed by atoms with E-state index in [1.165, 1.54) is 0 Å². The molecule has 17 heavy (non-hydrogen) atoms. The van der Waals surface area contributed by atoms with Crippen molar-refractivity contribution >= 4 is 17.0 Å². The first-order valence-electron chi connectivity index (χ1n) is 5.58. The van der Waals surface area contributed by atoms with Gasteiger partial charge in [-0.25, -0.2) is 0 Å². The molecule has 82 valence electrons. The molecule has 0 N–H and O–H groups in total. The Morgan fingerprint density at radius 1 is 0.882 bits per heavy atom. The normalized spacial score (nSPS) is 10.6. The molecular formula is C16H12O. The molecule has 1 heterocycles. The fraction of sp³-hybridized carbons (Fsp3) is 0. The van der Waals surface area contributed by atoms with Crippen molar-refractivity contribution in [1.29, 1.82) is 0 Å². The maximum atomic E-state index is 5.57. The van der Waals surface area contributed by atoms with Gasteiger partial charge in [0.15, 0.2) is 0 Å². The van der Waals surface area contributed by atoms with Crippen LogP contribution in [0.25, 0.3) is 28.2 Å². The molecule has 1 nitrogen and oxygen atoms in total. The van der Waals surface area contributed by atoms with E-state index in [0.717, 1.165) is 27.7 Å². The number of furan rings is 1. The van der Waals surface area contributed by atoms with Crippen LogP contribution in [0.2, 0.25) is 0 Å². The lowest BCUT2D eigenvalue weighted by Gasteiger charge is -2.03. The number of fused-ring (bicyclic) bond motifs is 1. The fourth-order valence-corrected chi connectivity index (χ4v) is 2.11. The van der Waals surface area contributed by atoms with Gasteiger partial charge in [-0.05, 0) is 17.2 Å². The zero-order valence-electron chi connectivity index (χ0n) is 9.39. The number of rotatable bonds is 2. The number of benzene rings is 2. The highest BCUT2D eigenvalue weighted by molar-refractivity contribution is 5.95. The summed E-state index contributed by atoms with van der Waals surface area (Å²) in [7, 11) is 0. The Labute approximate surface area is 100 Å². The Kier molecular flexibility index (Phi) is 2.30. The third-order valence-corrected chi connectivity index (χ3v) is 2.95. The Morgan fingerprint density at radius 2 is 1.65 bits per heavy atom. The van der Waals surface area contributed by atoms with Crippen LogP contribution in [0.3, 0.4) is 0 Å². The molecule has 0 bridgehead atoms. The van der Waals surface area contributed by atoms with Crippen LogP contribution < -0.4 is 0 Å². The maximum absolute atomic E-state index is 5.57. The van der Waals surface area contributed by atoms with Crippen molar-refractivity contribution in [3.05, 3.63) is 66.9 Å². The monoisotopic (exact) mass is 220 g/mol. The van der Waals surface area contributed by atoms with Gasteiger partial charge in [0.05, 0.1) is 6.26 Å². The second-order valence-corrected chi connectivity index (χ2v) is 3.94. The Morgan fingerprint density at radius 3 is 2.53 bits per heavy atom. The molecule has 0 saturated heterocycles. The van der Waals surface area contributed by atoms with Crippen LogP contribution in [-0.2, 0) is 0 Å². The molecule has 0 spiro atoms. The topological polar surface area (TPSA) is 13.1 Å². The summed E-state index contributed by atoms with van der Waals surface area (Å²) >= 11 is 0.